The minimum Gasteiger partial charge on any atom is -0.409 e. The molecule has 0 aromatic carbocycles. The van der Waals surface area contributed by atoms with E-state index >= 15 is 0 Å². The maximum atomic E-state index is 11.7. The fourth-order valence-electron chi connectivity index (χ4n) is 1.45. The van der Waals surface area contributed by atoms with E-state index in [1.54, 1.807) is 0 Å². The molecule has 7 nitrogen and oxygen atoms in total. The van der Waals surface area contributed by atoms with Crippen LogP contribution in [0.2, 0.25) is 0 Å². The second-order valence-corrected chi connectivity index (χ2v) is 3.89. The van der Waals surface area contributed by atoms with Crippen LogP contribution in [0, 0.1) is 5.41 Å². The third kappa shape index (κ3) is 2.62. The summed E-state index contributed by atoms with van der Waals surface area (Å²) < 4.78 is 0. The molecule has 0 aromatic rings. The monoisotopic (exact) mass is 228 g/mol. The van der Waals surface area contributed by atoms with Crippen molar-refractivity contribution in [1.29, 1.82) is 0 Å². The molecule has 0 atom stereocenters. The maximum absolute atomic E-state index is 11.7. The maximum Gasteiger partial charge on any atom is 0.233 e. The minimum atomic E-state index is -0.832. The first-order valence-corrected chi connectivity index (χ1v) is 5.07. The molecule has 7 heteroatoms. The molecule has 1 aliphatic rings. The van der Waals surface area contributed by atoms with Crippen LogP contribution < -0.4 is 16.8 Å². The zero-order chi connectivity index (χ0) is 12.2. The number of nitrogens with zero attached hydrogens (tertiary/aromatic N) is 1. The van der Waals surface area contributed by atoms with Crippen LogP contribution in [-0.2, 0) is 9.59 Å². The SMILES string of the molecule is NC(=O)CCCNC(=O)C1(C(N)=NO)CC1. The number of carbonyl (C=O) groups is 2. The van der Waals surface area contributed by atoms with Crippen molar-refractivity contribution >= 4 is 17.6 Å². The zero-order valence-corrected chi connectivity index (χ0v) is 8.90. The van der Waals surface area contributed by atoms with Gasteiger partial charge in [-0.2, -0.15) is 0 Å². The Balaban J connectivity index is 2.33. The number of nitrogens with one attached hydrogen (secondary N) is 1. The fraction of sp³-hybridized carbons (Fsp3) is 0.667. The van der Waals surface area contributed by atoms with Gasteiger partial charge in [0, 0.05) is 13.0 Å². The van der Waals surface area contributed by atoms with Gasteiger partial charge in [0.2, 0.25) is 11.8 Å². The highest BCUT2D eigenvalue weighted by Gasteiger charge is 2.53. The Morgan fingerprint density at radius 2 is 2.00 bits per heavy atom. The predicted octanol–water partition coefficient (Wildman–Crippen LogP) is -1.11. The van der Waals surface area contributed by atoms with Crippen molar-refractivity contribution in [3.8, 4) is 0 Å². The first-order valence-electron chi connectivity index (χ1n) is 5.07. The number of hydrogen-bond acceptors (Lipinski definition) is 4. The van der Waals surface area contributed by atoms with Gasteiger partial charge < -0.3 is 22.0 Å². The Kier molecular flexibility index (Phi) is 3.70. The van der Waals surface area contributed by atoms with Gasteiger partial charge in [-0.3, -0.25) is 9.59 Å². The molecule has 0 unspecified atom stereocenters. The molecular formula is C9H16N4O3. The van der Waals surface area contributed by atoms with Crippen LogP contribution in [0.3, 0.4) is 0 Å². The van der Waals surface area contributed by atoms with Gasteiger partial charge in [0.25, 0.3) is 0 Å². The summed E-state index contributed by atoms with van der Waals surface area (Å²) in [5, 5.41) is 14.0. The molecule has 1 saturated carbocycles. The topological polar surface area (TPSA) is 131 Å². The molecule has 1 fully saturated rings. The normalized spacial score (nSPS) is 17.9. The number of rotatable bonds is 6. The van der Waals surface area contributed by atoms with Crippen LogP contribution in [0.15, 0.2) is 5.16 Å². The third-order valence-electron chi connectivity index (χ3n) is 2.67. The van der Waals surface area contributed by atoms with Crippen molar-refractivity contribution in [3.05, 3.63) is 0 Å². The second-order valence-electron chi connectivity index (χ2n) is 3.89. The van der Waals surface area contributed by atoms with E-state index in [2.05, 4.69) is 10.5 Å². The molecule has 0 saturated heterocycles. The summed E-state index contributed by atoms with van der Waals surface area (Å²) in [5.41, 5.74) is 9.55. The first kappa shape index (κ1) is 12.3. The standard InChI is InChI=1S/C9H16N4O3/c10-6(14)2-1-5-12-8(15)9(3-4-9)7(11)13-16/h16H,1-5H2,(H2,10,14)(H2,11,13)(H,12,15). The molecule has 1 rings (SSSR count). The van der Waals surface area contributed by atoms with E-state index < -0.39 is 11.3 Å². The molecule has 0 radical (unpaired) electrons. The number of primary amides is 1. The van der Waals surface area contributed by atoms with Crippen molar-refractivity contribution in [2.24, 2.45) is 22.0 Å². The van der Waals surface area contributed by atoms with Crippen molar-refractivity contribution in [1.82, 2.24) is 5.32 Å². The number of hydrogen-bond donors (Lipinski definition) is 4. The van der Waals surface area contributed by atoms with Crippen molar-refractivity contribution in [2.45, 2.75) is 25.7 Å². The van der Waals surface area contributed by atoms with Crippen molar-refractivity contribution < 1.29 is 14.8 Å². The fourth-order valence-corrected chi connectivity index (χ4v) is 1.45. The van der Waals surface area contributed by atoms with Crippen LogP contribution in [-0.4, -0.2) is 29.4 Å². The summed E-state index contributed by atoms with van der Waals surface area (Å²) in [7, 11) is 0. The van der Waals surface area contributed by atoms with E-state index in [0.29, 0.717) is 25.8 Å². The highest BCUT2D eigenvalue weighted by atomic mass is 16.4. The Morgan fingerprint density at radius 1 is 1.38 bits per heavy atom. The first-order chi connectivity index (χ1) is 7.53. The predicted molar refractivity (Wildman–Crippen MR) is 56.5 cm³/mol. The average molecular weight is 228 g/mol. The van der Waals surface area contributed by atoms with Gasteiger partial charge in [0.15, 0.2) is 5.84 Å². The summed E-state index contributed by atoms with van der Waals surface area (Å²) in [4.78, 5) is 22.1. The third-order valence-corrected chi connectivity index (χ3v) is 2.67. The molecule has 0 heterocycles. The van der Waals surface area contributed by atoms with Gasteiger partial charge in [-0.1, -0.05) is 5.16 Å². The van der Waals surface area contributed by atoms with E-state index in [1.165, 1.54) is 0 Å². The Labute approximate surface area is 92.8 Å². The molecule has 0 bridgehead atoms. The smallest absolute Gasteiger partial charge is 0.233 e. The van der Waals surface area contributed by atoms with Crippen LogP contribution in [0.5, 0.6) is 0 Å². The molecular weight excluding hydrogens is 212 g/mol. The Bertz CT molecular complexity index is 323. The lowest BCUT2D eigenvalue weighted by Crippen LogP contribution is -2.41. The quantitative estimate of drug-likeness (QED) is 0.151. The molecule has 2 amide bonds. The van der Waals surface area contributed by atoms with Gasteiger partial charge in [0.05, 0.1) is 0 Å². The summed E-state index contributed by atoms with van der Waals surface area (Å²) in [6.45, 7) is 0.363. The molecule has 90 valence electrons. The highest BCUT2D eigenvalue weighted by molar-refractivity contribution is 6.09. The van der Waals surface area contributed by atoms with Gasteiger partial charge in [-0.05, 0) is 19.3 Å². The van der Waals surface area contributed by atoms with Crippen LogP contribution >= 0.6 is 0 Å². The van der Waals surface area contributed by atoms with Gasteiger partial charge >= 0.3 is 0 Å². The molecule has 16 heavy (non-hydrogen) atoms. The van der Waals surface area contributed by atoms with Crippen LogP contribution in [0.1, 0.15) is 25.7 Å². The lowest BCUT2D eigenvalue weighted by atomic mass is 10.1. The number of nitrogens with two attached hydrogens (primary N) is 2. The second kappa shape index (κ2) is 4.82. The van der Waals surface area contributed by atoms with E-state index in [4.69, 9.17) is 16.7 Å². The molecule has 6 N–H and O–H groups in total. The van der Waals surface area contributed by atoms with Crippen molar-refractivity contribution in [3.63, 3.8) is 0 Å². The van der Waals surface area contributed by atoms with Gasteiger partial charge in [-0.25, -0.2) is 0 Å². The summed E-state index contributed by atoms with van der Waals surface area (Å²) in [6, 6.07) is 0. The van der Waals surface area contributed by atoms with Gasteiger partial charge in [-0.15, -0.1) is 0 Å². The van der Waals surface area contributed by atoms with Crippen LogP contribution in [0.25, 0.3) is 0 Å². The van der Waals surface area contributed by atoms with E-state index in [-0.39, 0.29) is 18.2 Å². The largest absolute Gasteiger partial charge is 0.409 e. The summed E-state index contributed by atoms with van der Waals surface area (Å²) in [6.07, 6.45) is 1.90. The number of carbonyl (C=O) groups excluding carboxylic acids is 2. The number of amides is 2. The van der Waals surface area contributed by atoms with Crippen LogP contribution in [0.4, 0.5) is 0 Å². The molecule has 0 aliphatic heterocycles. The zero-order valence-electron chi connectivity index (χ0n) is 8.90. The van der Waals surface area contributed by atoms with Crippen molar-refractivity contribution in [2.75, 3.05) is 6.54 Å². The van der Waals surface area contributed by atoms with E-state index in [0.717, 1.165) is 0 Å². The lowest BCUT2D eigenvalue weighted by molar-refractivity contribution is -0.124. The number of amidine groups is 1. The minimum absolute atomic E-state index is 0.0556. The summed E-state index contributed by atoms with van der Waals surface area (Å²) in [5.74, 6) is -0.709. The highest BCUT2D eigenvalue weighted by Crippen LogP contribution is 2.45. The van der Waals surface area contributed by atoms with E-state index in [9.17, 15) is 9.59 Å². The van der Waals surface area contributed by atoms with E-state index in [1.807, 2.05) is 0 Å². The Morgan fingerprint density at radius 3 is 2.44 bits per heavy atom. The Hall–Kier alpha value is -1.79. The molecule has 1 aliphatic carbocycles. The molecule has 0 aromatic heterocycles. The van der Waals surface area contributed by atoms with Gasteiger partial charge in [0.1, 0.15) is 5.41 Å². The summed E-state index contributed by atoms with van der Waals surface area (Å²) >= 11 is 0. The molecule has 0 spiro atoms. The lowest BCUT2D eigenvalue weighted by Gasteiger charge is -2.13. The average Bonchev–Trinajstić information content (AvgIpc) is 3.03. The number of oxime groups is 1.